The Bertz CT molecular complexity index is 1140. The molecule has 28 heavy (non-hydrogen) atoms. The molecule has 0 aromatic heterocycles. The summed E-state index contributed by atoms with van der Waals surface area (Å²) in [5, 5.41) is 2.70. The first-order valence-electron chi connectivity index (χ1n) is 8.19. The van der Waals surface area contributed by atoms with Crippen molar-refractivity contribution in [3.63, 3.8) is 0 Å². The van der Waals surface area contributed by atoms with Gasteiger partial charge in [-0.3, -0.25) is 14.2 Å². The summed E-state index contributed by atoms with van der Waals surface area (Å²) in [6, 6.07) is 8.69. The third-order valence-corrected chi connectivity index (χ3v) is 6.00. The highest BCUT2D eigenvalue weighted by molar-refractivity contribution is 7.92. The fraction of sp³-hybridized carbons (Fsp3) is 0.235. The highest BCUT2D eigenvalue weighted by Gasteiger charge is 2.20. The van der Waals surface area contributed by atoms with Gasteiger partial charge >= 0.3 is 0 Å². The fourth-order valence-electron chi connectivity index (χ4n) is 2.78. The summed E-state index contributed by atoms with van der Waals surface area (Å²) in [4.78, 5) is 11.5. The van der Waals surface area contributed by atoms with Gasteiger partial charge in [0, 0.05) is 18.2 Å². The predicted molar refractivity (Wildman–Crippen MR) is 106 cm³/mol. The Morgan fingerprint density at radius 1 is 1.00 bits per heavy atom. The zero-order valence-electron chi connectivity index (χ0n) is 15.1. The van der Waals surface area contributed by atoms with Gasteiger partial charge in [-0.1, -0.05) is 0 Å². The van der Waals surface area contributed by atoms with Gasteiger partial charge in [-0.05, 0) is 42.3 Å². The van der Waals surface area contributed by atoms with Crippen LogP contribution < -0.4 is 19.5 Å². The van der Waals surface area contributed by atoms with Crippen LogP contribution in [0, 0.1) is 0 Å². The number of aryl methyl sites for hydroxylation is 1. The lowest BCUT2D eigenvalue weighted by Crippen LogP contribution is -2.20. The second kappa shape index (κ2) is 7.32. The first-order valence-corrected chi connectivity index (χ1v) is 11.6. The average Bonchev–Trinajstić information content (AvgIpc) is 2.61. The molecule has 3 rings (SSSR count). The van der Waals surface area contributed by atoms with E-state index in [1.54, 1.807) is 6.07 Å². The minimum atomic E-state index is -3.89. The molecule has 0 saturated carbocycles. The number of anilines is 3. The van der Waals surface area contributed by atoms with Gasteiger partial charge < -0.3 is 10.1 Å². The van der Waals surface area contributed by atoms with Crippen LogP contribution in [-0.4, -0.2) is 36.1 Å². The standard InChI is InChI=1S/C17H19N3O6S2/c1-26-16-10-12(4-6-15(16)20-27(2,22)23)19-28(24,25)13-5-7-14-11(9-13)3-8-17(21)18-14/h4-7,9-10,19-20H,3,8H2,1-2H3,(H,18,21). The van der Waals surface area contributed by atoms with Gasteiger partial charge in [0.25, 0.3) is 10.0 Å². The lowest BCUT2D eigenvalue weighted by Gasteiger charge is -2.18. The number of nitrogens with one attached hydrogen (secondary N) is 3. The van der Waals surface area contributed by atoms with E-state index in [9.17, 15) is 21.6 Å². The largest absolute Gasteiger partial charge is 0.494 e. The first kappa shape index (κ1) is 20.0. The van der Waals surface area contributed by atoms with Gasteiger partial charge in [-0.25, -0.2) is 16.8 Å². The van der Waals surface area contributed by atoms with E-state index in [0.29, 0.717) is 18.5 Å². The van der Waals surface area contributed by atoms with Crippen molar-refractivity contribution in [1.29, 1.82) is 0 Å². The molecule has 150 valence electrons. The van der Waals surface area contributed by atoms with Crippen molar-refractivity contribution in [1.82, 2.24) is 0 Å². The highest BCUT2D eigenvalue weighted by atomic mass is 32.2. The summed E-state index contributed by atoms with van der Waals surface area (Å²) < 4.78 is 58.1. The number of methoxy groups -OCH3 is 1. The number of carbonyl (C=O) groups excluding carboxylic acids is 1. The molecule has 0 aliphatic carbocycles. The average molecular weight is 425 g/mol. The van der Waals surface area contributed by atoms with Crippen molar-refractivity contribution in [2.45, 2.75) is 17.7 Å². The molecule has 9 nitrogen and oxygen atoms in total. The van der Waals surface area contributed by atoms with Crippen LogP contribution in [0.15, 0.2) is 41.3 Å². The Morgan fingerprint density at radius 2 is 1.75 bits per heavy atom. The number of rotatable bonds is 6. The molecule has 0 atom stereocenters. The summed E-state index contributed by atoms with van der Waals surface area (Å²) in [7, 11) is -6.06. The highest BCUT2D eigenvalue weighted by Crippen LogP contribution is 2.31. The van der Waals surface area contributed by atoms with Crippen LogP contribution in [0.3, 0.4) is 0 Å². The number of ether oxygens (including phenoxy) is 1. The van der Waals surface area contributed by atoms with E-state index in [4.69, 9.17) is 4.74 Å². The van der Waals surface area contributed by atoms with E-state index in [0.717, 1.165) is 11.8 Å². The summed E-state index contributed by atoms with van der Waals surface area (Å²) in [5.74, 6) is 0.0647. The van der Waals surface area contributed by atoms with Gasteiger partial charge in [-0.2, -0.15) is 0 Å². The summed E-state index contributed by atoms with van der Waals surface area (Å²) in [6.45, 7) is 0. The Balaban J connectivity index is 1.87. The Kier molecular flexibility index (Phi) is 5.22. The van der Waals surface area contributed by atoms with Crippen LogP contribution in [-0.2, 0) is 31.3 Å². The van der Waals surface area contributed by atoms with Crippen LogP contribution in [0.2, 0.25) is 0 Å². The first-order chi connectivity index (χ1) is 13.1. The molecule has 0 saturated heterocycles. The van der Waals surface area contributed by atoms with E-state index in [1.807, 2.05) is 0 Å². The number of carbonyl (C=O) groups is 1. The molecule has 0 unspecified atom stereocenters. The molecule has 2 aromatic rings. The number of sulfonamides is 2. The minimum absolute atomic E-state index is 0.0553. The molecule has 0 spiro atoms. The topological polar surface area (TPSA) is 131 Å². The smallest absolute Gasteiger partial charge is 0.261 e. The Hall–Kier alpha value is -2.79. The van der Waals surface area contributed by atoms with Crippen LogP contribution in [0.25, 0.3) is 0 Å². The molecule has 1 aliphatic heterocycles. The Labute approximate surface area is 163 Å². The zero-order valence-corrected chi connectivity index (χ0v) is 16.8. The summed E-state index contributed by atoms with van der Waals surface area (Å²) in [6.07, 6.45) is 1.77. The van der Waals surface area contributed by atoms with Crippen molar-refractivity contribution in [2.75, 3.05) is 28.1 Å². The maximum Gasteiger partial charge on any atom is 0.261 e. The number of fused-ring (bicyclic) bond motifs is 1. The molecule has 1 heterocycles. The van der Waals surface area contributed by atoms with Crippen LogP contribution in [0.4, 0.5) is 17.1 Å². The van der Waals surface area contributed by atoms with Gasteiger partial charge in [0.2, 0.25) is 15.9 Å². The number of hydrogen-bond acceptors (Lipinski definition) is 6. The van der Waals surface area contributed by atoms with Crippen molar-refractivity contribution in [3.8, 4) is 5.75 Å². The van der Waals surface area contributed by atoms with Gasteiger partial charge in [0.05, 0.1) is 29.6 Å². The molecule has 0 radical (unpaired) electrons. The third-order valence-electron chi connectivity index (χ3n) is 4.03. The van der Waals surface area contributed by atoms with E-state index in [-0.39, 0.29) is 27.9 Å². The molecular weight excluding hydrogens is 406 g/mol. The van der Waals surface area contributed by atoms with Crippen LogP contribution >= 0.6 is 0 Å². The normalized spacial score (nSPS) is 14.0. The van der Waals surface area contributed by atoms with Crippen molar-refractivity contribution in [2.24, 2.45) is 0 Å². The maximum atomic E-state index is 12.7. The second-order valence-electron chi connectivity index (χ2n) is 6.26. The quantitative estimate of drug-likeness (QED) is 0.646. The molecule has 0 bridgehead atoms. The van der Waals surface area contributed by atoms with Crippen LogP contribution in [0.5, 0.6) is 5.75 Å². The zero-order chi connectivity index (χ0) is 20.5. The predicted octanol–water partition coefficient (Wildman–Crippen LogP) is 1.75. The molecule has 2 aromatic carbocycles. The lowest BCUT2D eigenvalue weighted by molar-refractivity contribution is -0.116. The number of amides is 1. The monoisotopic (exact) mass is 425 g/mol. The summed E-state index contributed by atoms with van der Waals surface area (Å²) >= 11 is 0. The third kappa shape index (κ3) is 4.54. The van der Waals surface area contributed by atoms with Crippen molar-refractivity contribution in [3.05, 3.63) is 42.0 Å². The van der Waals surface area contributed by atoms with Gasteiger partial charge in [0.15, 0.2) is 0 Å². The number of hydrogen-bond donors (Lipinski definition) is 3. The van der Waals surface area contributed by atoms with E-state index >= 15 is 0 Å². The van der Waals surface area contributed by atoms with E-state index in [2.05, 4.69) is 14.8 Å². The molecular formula is C17H19N3O6S2. The SMILES string of the molecule is COc1cc(NS(=O)(=O)c2ccc3c(c2)CCC(=O)N3)ccc1NS(C)(=O)=O. The number of benzene rings is 2. The maximum absolute atomic E-state index is 12.7. The molecule has 11 heteroatoms. The van der Waals surface area contributed by atoms with E-state index in [1.165, 1.54) is 37.4 Å². The molecule has 1 amide bonds. The lowest BCUT2D eigenvalue weighted by atomic mass is 10.0. The summed E-state index contributed by atoms with van der Waals surface area (Å²) in [5.41, 5.74) is 1.75. The van der Waals surface area contributed by atoms with Crippen LogP contribution in [0.1, 0.15) is 12.0 Å². The Morgan fingerprint density at radius 3 is 2.43 bits per heavy atom. The molecule has 0 fully saturated rings. The minimum Gasteiger partial charge on any atom is -0.494 e. The molecule has 1 aliphatic rings. The second-order valence-corrected chi connectivity index (χ2v) is 9.69. The van der Waals surface area contributed by atoms with Crippen molar-refractivity contribution < 1.29 is 26.4 Å². The van der Waals surface area contributed by atoms with E-state index < -0.39 is 20.0 Å². The van der Waals surface area contributed by atoms with Crippen molar-refractivity contribution >= 4 is 43.0 Å². The van der Waals surface area contributed by atoms with Gasteiger partial charge in [-0.15, -0.1) is 0 Å². The van der Waals surface area contributed by atoms with Gasteiger partial charge in [0.1, 0.15) is 5.75 Å². The molecule has 3 N–H and O–H groups in total. The fourth-order valence-corrected chi connectivity index (χ4v) is 4.45.